The fourth-order valence-corrected chi connectivity index (χ4v) is 3.15. The average Bonchev–Trinajstić information content (AvgIpc) is 2.75. The molecule has 1 nitrogen and oxygen atoms in total. The molecule has 1 aromatic heterocycles. The quantitative estimate of drug-likeness (QED) is 0.827. The van der Waals surface area contributed by atoms with E-state index in [1.807, 2.05) is 11.3 Å². The van der Waals surface area contributed by atoms with Crippen molar-refractivity contribution in [3.63, 3.8) is 0 Å². The summed E-state index contributed by atoms with van der Waals surface area (Å²) in [7, 11) is 0. The molecule has 0 amide bonds. The van der Waals surface area contributed by atoms with E-state index >= 15 is 0 Å². The summed E-state index contributed by atoms with van der Waals surface area (Å²) in [6.45, 7) is 9.75. The van der Waals surface area contributed by atoms with Crippen molar-refractivity contribution in [2.24, 2.45) is 0 Å². The third-order valence-corrected chi connectivity index (χ3v) is 4.84. The van der Waals surface area contributed by atoms with Crippen LogP contribution >= 0.6 is 11.3 Å². The number of benzene rings is 1. The van der Waals surface area contributed by atoms with E-state index < -0.39 is 0 Å². The van der Waals surface area contributed by atoms with Crippen LogP contribution in [0, 0.1) is 13.8 Å². The van der Waals surface area contributed by atoms with Gasteiger partial charge >= 0.3 is 0 Å². The van der Waals surface area contributed by atoms with Crippen molar-refractivity contribution in [3.8, 4) is 0 Å². The zero-order valence-electron chi connectivity index (χ0n) is 12.3. The lowest BCUT2D eigenvalue weighted by molar-refractivity contribution is 0.578. The highest BCUT2D eigenvalue weighted by molar-refractivity contribution is 7.12. The summed E-state index contributed by atoms with van der Waals surface area (Å²) in [6, 6.07) is 11.6. The fraction of sp³-hybridized carbons (Fsp3) is 0.412. The van der Waals surface area contributed by atoms with Crippen molar-refractivity contribution >= 4 is 11.3 Å². The van der Waals surface area contributed by atoms with Crippen molar-refractivity contribution in [2.75, 3.05) is 0 Å². The van der Waals surface area contributed by atoms with E-state index in [0.29, 0.717) is 6.04 Å². The van der Waals surface area contributed by atoms with E-state index in [-0.39, 0.29) is 0 Å². The molecule has 0 bridgehead atoms. The maximum Gasteiger partial charge on any atom is 0.0305 e. The average molecular weight is 273 g/mol. The molecule has 0 aliphatic heterocycles. The van der Waals surface area contributed by atoms with E-state index in [1.54, 1.807) is 0 Å². The molecule has 0 aliphatic rings. The molecule has 0 saturated heterocycles. The number of aryl methyl sites for hydroxylation is 3. The van der Waals surface area contributed by atoms with E-state index in [1.165, 1.54) is 26.4 Å². The van der Waals surface area contributed by atoms with Crippen molar-refractivity contribution in [2.45, 2.75) is 46.7 Å². The van der Waals surface area contributed by atoms with Gasteiger partial charge in [0.25, 0.3) is 0 Å². The van der Waals surface area contributed by atoms with Crippen LogP contribution in [0.4, 0.5) is 0 Å². The summed E-state index contributed by atoms with van der Waals surface area (Å²) in [5.74, 6) is 0. The standard InChI is InChI=1S/C17H23NS/c1-5-15-6-8-16(9-7-15)13(3)18-11-17-10-12(2)14(4)19-17/h6-10,13,18H,5,11H2,1-4H3. The van der Waals surface area contributed by atoms with Crippen molar-refractivity contribution in [1.29, 1.82) is 0 Å². The Kier molecular flexibility index (Phi) is 4.78. The third-order valence-electron chi connectivity index (χ3n) is 3.69. The highest BCUT2D eigenvalue weighted by Gasteiger charge is 2.06. The van der Waals surface area contributed by atoms with Gasteiger partial charge < -0.3 is 5.32 Å². The molecular formula is C17H23NS. The van der Waals surface area contributed by atoms with E-state index in [4.69, 9.17) is 0 Å². The maximum absolute atomic E-state index is 3.60. The minimum atomic E-state index is 0.397. The molecule has 1 heterocycles. The third kappa shape index (κ3) is 3.68. The van der Waals surface area contributed by atoms with Gasteiger partial charge in [0.2, 0.25) is 0 Å². The van der Waals surface area contributed by atoms with Crippen LogP contribution in [0.1, 0.15) is 46.3 Å². The number of nitrogens with one attached hydrogen (secondary N) is 1. The predicted molar refractivity (Wildman–Crippen MR) is 84.9 cm³/mol. The number of rotatable bonds is 5. The van der Waals surface area contributed by atoms with E-state index in [9.17, 15) is 0 Å². The molecule has 2 heteroatoms. The van der Waals surface area contributed by atoms with Crippen LogP contribution in [0.3, 0.4) is 0 Å². The predicted octanol–water partition coefficient (Wildman–Crippen LogP) is 4.78. The minimum Gasteiger partial charge on any atom is -0.305 e. The first-order valence-corrected chi connectivity index (χ1v) is 7.80. The molecule has 1 unspecified atom stereocenters. The van der Waals surface area contributed by atoms with Gasteiger partial charge in [-0.2, -0.15) is 0 Å². The number of hydrogen-bond donors (Lipinski definition) is 1. The van der Waals surface area contributed by atoms with Crippen LogP contribution in [-0.2, 0) is 13.0 Å². The number of thiophene rings is 1. The lowest BCUT2D eigenvalue weighted by atomic mass is 10.1. The molecule has 0 radical (unpaired) electrons. The Hall–Kier alpha value is -1.12. The maximum atomic E-state index is 3.60. The zero-order valence-corrected chi connectivity index (χ0v) is 13.1. The molecule has 1 N–H and O–H groups in total. The summed E-state index contributed by atoms with van der Waals surface area (Å²) in [5, 5.41) is 3.60. The second-order valence-corrected chi connectivity index (χ2v) is 6.49. The molecule has 2 rings (SSSR count). The summed E-state index contributed by atoms with van der Waals surface area (Å²) >= 11 is 1.90. The molecule has 0 fully saturated rings. The highest BCUT2D eigenvalue weighted by Crippen LogP contribution is 2.21. The van der Waals surface area contributed by atoms with Crippen molar-refractivity contribution in [1.82, 2.24) is 5.32 Å². The monoisotopic (exact) mass is 273 g/mol. The highest BCUT2D eigenvalue weighted by atomic mass is 32.1. The second kappa shape index (κ2) is 6.36. The molecule has 19 heavy (non-hydrogen) atoms. The largest absolute Gasteiger partial charge is 0.305 e. The van der Waals surface area contributed by atoms with Gasteiger partial charge in [-0.25, -0.2) is 0 Å². The minimum absolute atomic E-state index is 0.397. The Morgan fingerprint density at radius 3 is 2.37 bits per heavy atom. The van der Waals surface area contributed by atoms with Crippen LogP contribution in [0.15, 0.2) is 30.3 Å². The first-order chi connectivity index (χ1) is 9.10. The van der Waals surface area contributed by atoms with Crippen LogP contribution in [0.25, 0.3) is 0 Å². The van der Waals surface area contributed by atoms with Crippen LogP contribution < -0.4 is 5.32 Å². The Labute approximate surface area is 120 Å². The number of hydrogen-bond acceptors (Lipinski definition) is 2. The lowest BCUT2D eigenvalue weighted by Crippen LogP contribution is -2.17. The molecule has 1 atom stereocenters. The zero-order chi connectivity index (χ0) is 13.8. The van der Waals surface area contributed by atoms with Gasteiger partial charge in [0.05, 0.1) is 0 Å². The first-order valence-electron chi connectivity index (χ1n) is 6.98. The molecular weight excluding hydrogens is 250 g/mol. The van der Waals surface area contributed by atoms with Gasteiger partial charge in [-0.1, -0.05) is 31.2 Å². The Morgan fingerprint density at radius 2 is 1.84 bits per heavy atom. The smallest absolute Gasteiger partial charge is 0.0305 e. The van der Waals surface area contributed by atoms with Crippen LogP contribution in [0.2, 0.25) is 0 Å². The van der Waals surface area contributed by atoms with E-state index in [2.05, 4.69) is 63.3 Å². The van der Waals surface area contributed by atoms with Gasteiger partial charge in [0.15, 0.2) is 0 Å². The van der Waals surface area contributed by atoms with Crippen LogP contribution in [-0.4, -0.2) is 0 Å². The molecule has 1 aromatic carbocycles. The second-order valence-electron chi connectivity index (χ2n) is 5.15. The lowest BCUT2D eigenvalue weighted by Gasteiger charge is -2.14. The van der Waals surface area contributed by atoms with Crippen molar-refractivity contribution in [3.05, 3.63) is 56.8 Å². The fourth-order valence-electron chi connectivity index (χ4n) is 2.15. The van der Waals surface area contributed by atoms with Gasteiger partial charge in [0.1, 0.15) is 0 Å². The molecule has 0 spiro atoms. The van der Waals surface area contributed by atoms with Gasteiger partial charge in [-0.15, -0.1) is 11.3 Å². The SMILES string of the molecule is CCc1ccc(C(C)NCc2cc(C)c(C)s2)cc1. The van der Waals surface area contributed by atoms with E-state index in [0.717, 1.165) is 13.0 Å². The Balaban J connectivity index is 1.94. The molecule has 102 valence electrons. The molecule has 0 saturated carbocycles. The summed E-state index contributed by atoms with van der Waals surface area (Å²) in [4.78, 5) is 2.85. The first kappa shape index (κ1) is 14.3. The van der Waals surface area contributed by atoms with Gasteiger partial charge in [-0.05, 0) is 49.9 Å². The van der Waals surface area contributed by atoms with Crippen LogP contribution in [0.5, 0.6) is 0 Å². The van der Waals surface area contributed by atoms with Crippen molar-refractivity contribution < 1.29 is 0 Å². The summed E-state index contributed by atoms with van der Waals surface area (Å²) in [6.07, 6.45) is 1.11. The normalized spacial score (nSPS) is 12.6. The summed E-state index contributed by atoms with van der Waals surface area (Å²) in [5.41, 5.74) is 4.17. The van der Waals surface area contributed by atoms with Gasteiger partial charge in [0, 0.05) is 22.3 Å². The Morgan fingerprint density at radius 1 is 1.16 bits per heavy atom. The molecule has 0 aliphatic carbocycles. The van der Waals surface area contributed by atoms with Gasteiger partial charge in [-0.3, -0.25) is 0 Å². The summed E-state index contributed by atoms with van der Waals surface area (Å²) < 4.78 is 0. The Bertz CT molecular complexity index is 505. The topological polar surface area (TPSA) is 12.0 Å². The molecule has 2 aromatic rings.